The van der Waals surface area contributed by atoms with Crippen LogP contribution in [0.4, 0.5) is 0 Å². The minimum atomic E-state index is 0.425. The number of nitrogens with one attached hydrogen (secondary N) is 2. The molecular formula is C19H29N3. The van der Waals surface area contributed by atoms with Crippen LogP contribution in [0.5, 0.6) is 0 Å². The van der Waals surface area contributed by atoms with Crippen LogP contribution in [0.3, 0.4) is 0 Å². The second-order valence-corrected chi connectivity index (χ2v) is 7.95. The molecule has 2 N–H and O–H groups in total. The Morgan fingerprint density at radius 1 is 1.18 bits per heavy atom. The third-order valence-electron chi connectivity index (χ3n) is 6.21. The van der Waals surface area contributed by atoms with Crippen LogP contribution in [0.25, 0.3) is 6.08 Å². The number of aryl methyl sites for hydroxylation is 1. The van der Waals surface area contributed by atoms with Gasteiger partial charge < -0.3 is 10.3 Å². The van der Waals surface area contributed by atoms with Crippen molar-refractivity contribution < 1.29 is 0 Å². The first-order valence-electron chi connectivity index (χ1n) is 9.15. The number of hydrogen-bond donors (Lipinski definition) is 2. The van der Waals surface area contributed by atoms with E-state index in [1.54, 1.807) is 0 Å². The molecule has 4 saturated carbocycles. The zero-order valence-corrected chi connectivity index (χ0v) is 14.0. The van der Waals surface area contributed by atoms with Crippen LogP contribution in [0.1, 0.15) is 69.6 Å². The Bertz CT molecular complexity index is 534. The Morgan fingerprint density at radius 2 is 1.82 bits per heavy atom. The van der Waals surface area contributed by atoms with Gasteiger partial charge in [-0.05, 0) is 75.7 Å². The van der Waals surface area contributed by atoms with Crippen molar-refractivity contribution in [1.82, 2.24) is 15.3 Å². The standard InChI is InChI=1S/C19H29N3/c1-3-5-17-16(4-2)21-18(22-17)12-20-19-9-13-6-14(10-19)8-15(7-13)11-19/h3,5,13-15,20H,4,6-12H2,1-2H3,(H,21,22)/b5-3-. The summed E-state index contributed by atoms with van der Waals surface area (Å²) < 4.78 is 0. The lowest BCUT2D eigenvalue weighted by atomic mass is 9.53. The predicted molar refractivity (Wildman–Crippen MR) is 90.4 cm³/mol. The monoisotopic (exact) mass is 299 g/mol. The molecule has 0 radical (unpaired) electrons. The molecule has 3 heteroatoms. The number of H-pyrrole nitrogens is 1. The maximum atomic E-state index is 4.78. The summed E-state index contributed by atoms with van der Waals surface area (Å²) in [5.74, 6) is 4.11. The molecular weight excluding hydrogens is 270 g/mol. The highest BCUT2D eigenvalue weighted by Crippen LogP contribution is 2.55. The third-order valence-corrected chi connectivity index (χ3v) is 6.21. The third kappa shape index (κ3) is 2.54. The molecule has 0 saturated heterocycles. The molecule has 4 aliphatic carbocycles. The van der Waals surface area contributed by atoms with Gasteiger partial charge >= 0.3 is 0 Å². The van der Waals surface area contributed by atoms with E-state index in [4.69, 9.17) is 4.98 Å². The van der Waals surface area contributed by atoms with Crippen LogP contribution in [-0.2, 0) is 13.0 Å². The molecule has 4 fully saturated rings. The SMILES string of the molecule is C/C=C\c1nc(CNC23CC4CC(CC(C4)C2)C3)[nH]c1CC. The second kappa shape index (κ2) is 5.52. The van der Waals surface area contributed by atoms with Gasteiger partial charge in [0, 0.05) is 11.2 Å². The Kier molecular flexibility index (Phi) is 3.64. The fourth-order valence-corrected chi connectivity index (χ4v) is 5.73. The van der Waals surface area contributed by atoms with Crippen molar-refractivity contribution in [2.24, 2.45) is 17.8 Å². The van der Waals surface area contributed by atoms with Gasteiger partial charge in [0.1, 0.15) is 5.82 Å². The molecule has 0 spiro atoms. The van der Waals surface area contributed by atoms with Gasteiger partial charge in [0.05, 0.1) is 12.2 Å². The normalized spacial score (nSPS) is 36.5. The van der Waals surface area contributed by atoms with Crippen LogP contribution >= 0.6 is 0 Å². The molecule has 0 aliphatic heterocycles. The molecule has 4 bridgehead atoms. The highest BCUT2D eigenvalue weighted by Gasteiger charge is 2.50. The first-order valence-corrected chi connectivity index (χ1v) is 9.15. The second-order valence-electron chi connectivity index (χ2n) is 7.95. The minimum Gasteiger partial charge on any atom is -0.344 e. The molecule has 0 amide bonds. The highest BCUT2D eigenvalue weighted by atomic mass is 15.1. The summed E-state index contributed by atoms with van der Waals surface area (Å²) in [6, 6.07) is 0. The van der Waals surface area contributed by atoms with Gasteiger partial charge in [0.25, 0.3) is 0 Å². The van der Waals surface area contributed by atoms with Crippen LogP contribution < -0.4 is 5.32 Å². The smallest absolute Gasteiger partial charge is 0.121 e. The van der Waals surface area contributed by atoms with E-state index in [2.05, 4.69) is 36.3 Å². The predicted octanol–water partition coefficient (Wildman–Crippen LogP) is 4.06. The van der Waals surface area contributed by atoms with E-state index in [-0.39, 0.29) is 0 Å². The van der Waals surface area contributed by atoms with Crippen LogP contribution in [0.15, 0.2) is 6.08 Å². The van der Waals surface area contributed by atoms with Crippen molar-refractivity contribution in [1.29, 1.82) is 0 Å². The van der Waals surface area contributed by atoms with Gasteiger partial charge in [-0.2, -0.15) is 0 Å². The fraction of sp³-hybridized carbons (Fsp3) is 0.737. The summed E-state index contributed by atoms with van der Waals surface area (Å²) in [7, 11) is 0. The van der Waals surface area contributed by atoms with Crippen LogP contribution in [-0.4, -0.2) is 15.5 Å². The summed E-state index contributed by atoms with van der Waals surface area (Å²) in [5, 5.41) is 3.93. The van der Waals surface area contributed by atoms with E-state index in [1.807, 2.05) is 0 Å². The largest absolute Gasteiger partial charge is 0.344 e. The van der Waals surface area contributed by atoms with E-state index in [0.29, 0.717) is 5.54 Å². The quantitative estimate of drug-likeness (QED) is 0.860. The molecule has 3 nitrogen and oxygen atoms in total. The van der Waals surface area contributed by atoms with Crippen LogP contribution in [0, 0.1) is 17.8 Å². The number of nitrogens with zero attached hydrogens (tertiary/aromatic N) is 1. The Hall–Kier alpha value is -1.09. The van der Waals surface area contributed by atoms with Crippen molar-refractivity contribution in [3.05, 3.63) is 23.3 Å². The molecule has 0 unspecified atom stereocenters. The lowest BCUT2D eigenvalue weighted by Gasteiger charge is -2.57. The summed E-state index contributed by atoms with van der Waals surface area (Å²) in [6.45, 7) is 5.15. The van der Waals surface area contributed by atoms with Gasteiger partial charge in [0.15, 0.2) is 0 Å². The lowest BCUT2D eigenvalue weighted by Crippen LogP contribution is -2.58. The highest BCUT2D eigenvalue weighted by molar-refractivity contribution is 5.47. The summed E-state index contributed by atoms with van der Waals surface area (Å²) in [6.07, 6.45) is 13.9. The number of allylic oxidation sites excluding steroid dienone is 1. The molecule has 0 aromatic carbocycles. The number of hydrogen-bond acceptors (Lipinski definition) is 2. The van der Waals surface area contributed by atoms with Crippen molar-refractivity contribution in [3.8, 4) is 0 Å². The molecule has 1 aromatic heterocycles. The fourth-order valence-electron chi connectivity index (χ4n) is 5.73. The van der Waals surface area contributed by atoms with E-state index in [9.17, 15) is 0 Å². The van der Waals surface area contributed by atoms with E-state index < -0.39 is 0 Å². The van der Waals surface area contributed by atoms with E-state index in [0.717, 1.165) is 42.2 Å². The first-order chi connectivity index (χ1) is 10.7. The molecule has 0 atom stereocenters. The zero-order chi connectivity index (χ0) is 15.2. The molecule has 1 heterocycles. The summed E-state index contributed by atoms with van der Waals surface area (Å²) in [4.78, 5) is 8.31. The number of rotatable bonds is 5. The number of aromatic nitrogens is 2. The zero-order valence-electron chi connectivity index (χ0n) is 14.0. The summed E-state index contributed by atoms with van der Waals surface area (Å²) >= 11 is 0. The maximum absolute atomic E-state index is 4.78. The summed E-state index contributed by atoms with van der Waals surface area (Å²) in [5.41, 5.74) is 2.81. The number of imidazole rings is 1. The molecule has 22 heavy (non-hydrogen) atoms. The maximum Gasteiger partial charge on any atom is 0.121 e. The molecule has 1 aromatic rings. The van der Waals surface area contributed by atoms with Crippen LogP contribution in [0.2, 0.25) is 0 Å². The Balaban J connectivity index is 1.46. The van der Waals surface area contributed by atoms with Gasteiger partial charge in [-0.15, -0.1) is 0 Å². The topological polar surface area (TPSA) is 40.7 Å². The number of aromatic amines is 1. The first kappa shape index (κ1) is 14.5. The van der Waals surface area contributed by atoms with E-state index in [1.165, 1.54) is 44.2 Å². The lowest BCUT2D eigenvalue weighted by molar-refractivity contribution is -0.0208. The van der Waals surface area contributed by atoms with E-state index >= 15 is 0 Å². The molecule has 5 rings (SSSR count). The van der Waals surface area contributed by atoms with Gasteiger partial charge in [-0.25, -0.2) is 4.98 Å². The molecule has 120 valence electrons. The van der Waals surface area contributed by atoms with Gasteiger partial charge in [0.2, 0.25) is 0 Å². The van der Waals surface area contributed by atoms with Crippen molar-refractivity contribution in [2.75, 3.05) is 0 Å². The molecule has 4 aliphatic rings. The van der Waals surface area contributed by atoms with Gasteiger partial charge in [-0.3, -0.25) is 0 Å². The average molecular weight is 299 g/mol. The minimum absolute atomic E-state index is 0.425. The Labute approximate surface area is 134 Å². The van der Waals surface area contributed by atoms with Crippen molar-refractivity contribution >= 4 is 6.08 Å². The van der Waals surface area contributed by atoms with Crippen molar-refractivity contribution in [2.45, 2.75) is 70.9 Å². The van der Waals surface area contributed by atoms with Crippen molar-refractivity contribution in [3.63, 3.8) is 0 Å². The Morgan fingerprint density at radius 3 is 2.36 bits per heavy atom. The average Bonchev–Trinajstić information content (AvgIpc) is 2.87. The van der Waals surface area contributed by atoms with Gasteiger partial charge in [-0.1, -0.05) is 13.0 Å².